The van der Waals surface area contributed by atoms with Crippen LogP contribution in [0.15, 0.2) is 140 Å². The Morgan fingerprint density at radius 2 is 1.15 bits per heavy atom. The summed E-state index contributed by atoms with van der Waals surface area (Å²) in [5.41, 5.74) is 9.23. The molecule has 6 aromatic rings. The maximum Gasteiger partial charge on any atom is 0.407 e. The van der Waals surface area contributed by atoms with Gasteiger partial charge in [-0.1, -0.05) is 120 Å². The van der Waals surface area contributed by atoms with Crippen LogP contribution in [-0.2, 0) is 19.1 Å². The predicted molar refractivity (Wildman–Crippen MR) is 252 cm³/mol. The number of rotatable bonds is 17. The first-order chi connectivity index (χ1) is 31.3. The molecule has 1 aliphatic rings. The maximum atomic E-state index is 14.4. The van der Waals surface area contributed by atoms with Gasteiger partial charge in [-0.2, -0.15) is 0 Å². The molecule has 65 heavy (non-hydrogen) atoms. The summed E-state index contributed by atoms with van der Waals surface area (Å²) in [6.45, 7) is 9.40. The van der Waals surface area contributed by atoms with Gasteiger partial charge in [0.2, 0.25) is 5.91 Å². The topological polar surface area (TPSA) is 133 Å². The fraction of sp³-hybridized carbons (Fsp3) is 0.278. The van der Waals surface area contributed by atoms with Crippen LogP contribution < -0.4 is 30.2 Å². The molecule has 3 amide bonds. The minimum Gasteiger partial charge on any atom is -0.497 e. The Labute approximate surface area is 381 Å². The molecule has 0 heterocycles. The lowest BCUT2D eigenvalue weighted by molar-refractivity contribution is -0.127. The number of carbonyl (C=O) groups excluding carboxylic acids is 3. The van der Waals surface area contributed by atoms with Crippen LogP contribution in [0.25, 0.3) is 11.1 Å². The van der Waals surface area contributed by atoms with Gasteiger partial charge in [-0.3, -0.25) is 9.59 Å². The molecule has 0 spiro atoms. The summed E-state index contributed by atoms with van der Waals surface area (Å²) < 4.78 is 29.2. The first-order valence-corrected chi connectivity index (χ1v) is 21.7. The predicted octanol–water partition coefficient (Wildman–Crippen LogP) is 9.53. The number of hydrogen-bond acceptors (Lipinski definition) is 8. The number of benzene rings is 6. The van der Waals surface area contributed by atoms with Crippen LogP contribution in [-0.4, -0.2) is 63.6 Å². The molecule has 11 heteroatoms. The smallest absolute Gasteiger partial charge is 0.407 e. The molecule has 2 atom stereocenters. The average molecular weight is 876 g/mol. The van der Waals surface area contributed by atoms with Crippen LogP contribution in [0.5, 0.6) is 17.2 Å². The van der Waals surface area contributed by atoms with Gasteiger partial charge in [-0.25, -0.2) is 4.79 Å². The monoisotopic (exact) mass is 875 g/mol. The van der Waals surface area contributed by atoms with Gasteiger partial charge in [0, 0.05) is 17.5 Å². The second kappa shape index (κ2) is 20.6. The van der Waals surface area contributed by atoms with E-state index >= 15 is 0 Å². The van der Waals surface area contributed by atoms with Crippen molar-refractivity contribution in [3.05, 3.63) is 184 Å². The van der Waals surface area contributed by atoms with Crippen LogP contribution in [0.3, 0.4) is 0 Å². The lowest BCUT2D eigenvalue weighted by Crippen LogP contribution is -2.51. The fourth-order valence-corrected chi connectivity index (χ4v) is 7.92. The summed E-state index contributed by atoms with van der Waals surface area (Å²) in [6, 6.07) is 42.5. The highest BCUT2D eigenvalue weighted by atomic mass is 16.6. The van der Waals surface area contributed by atoms with Gasteiger partial charge in [0.15, 0.2) is 6.61 Å². The van der Waals surface area contributed by atoms with Crippen molar-refractivity contribution in [3.63, 3.8) is 0 Å². The first kappa shape index (κ1) is 45.9. The molecule has 0 saturated carbocycles. The van der Waals surface area contributed by atoms with E-state index in [2.05, 4.69) is 28.1 Å². The highest BCUT2D eigenvalue weighted by molar-refractivity contribution is 5.87. The number of amides is 3. The number of hydrogen-bond donors (Lipinski definition) is 3. The van der Waals surface area contributed by atoms with E-state index in [-0.39, 0.29) is 37.7 Å². The lowest BCUT2D eigenvalue weighted by Gasteiger charge is -2.28. The fourth-order valence-electron chi connectivity index (χ4n) is 7.92. The molecule has 6 aromatic carbocycles. The Hall–Kier alpha value is -7.11. The number of fused-ring (bicyclic) bond motifs is 3. The second-order valence-electron chi connectivity index (χ2n) is 17.2. The largest absolute Gasteiger partial charge is 0.497 e. The van der Waals surface area contributed by atoms with Crippen molar-refractivity contribution < 1.29 is 38.1 Å². The Morgan fingerprint density at radius 3 is 1.71 bits per heavy atom. The summed E-state index contributed by atoms with van der Waals surface area (Å²) in [4.78, 5) is 41.4. The number of carbonyl (C=O) groups is 3. The number of ether oxygens (including phenoxy) is 5. The molecule has 7 rings (SSSR count). The Kier molecular flexibility index (Phi) is 14.5. The van der Waals surface area contributed by atoms with Crippen LogP contribution in [0, 0.1) is 13.8 Å². The third kappa shape index (κ3) is 11.5. The van der Waals surface area contributed by atoms with E-state index < -0.39 is 29.7 Å². The molecular formula is C54H57N3O8. The van der Waals surface area contributed by atoms with Crippen LogP contribution in [0.4, 0.5) is 4.79 Å². The van der Waals surface area contributed by atoms with Gasteiger partial charge >= 0.3 is 6.09 Å². The van der Waals surface area contributed by atoms with Gasteiger partial charge < -0.3 is 39.6 Å². The number of nitrogens with one attached hydrogen (secondary N) is 3. The van der Waals surface area contributed by atoms with E-state index in [4.69, 9.17) is 23.7 Å². The second-order valence-corrected chi connectivity index (χ2v) is 17.2. The third-order valence-electron chi connectivity index (χ3n) is 11.4. The molecule has 1 unspecified atom stereocenters. The minimum absolute atomic E-state index is 0.0795. The van der Waals surface area contributed by atoms with Crippen molar-refractivity contribution in [1.29, 1.82) is 0 Å². The van der Waals surface area contributed by atoms with Crippen molar-refractivity contribution >= 4 is 17.9 Å². The van der Waals surface area contributed by atoms with Gasteiger partial charge in [0.1, 0.15) is 29.9 Å². The molecule has 1 aliphatic carbocycles. The van der Waals surface area contributed by atoms with Gasteiger partial charge in [-0.15, -0.1) is 0 Å². The van der Waals surface area contributed by atoms with Crippen molar-refractivity contribution in [2.24, 2.45) is 0 Å². The van der Waals surface area contributed by atoms with Crippen LogP contribution in [0.2, 0.25) is 0 Å². The average Bonchev–Trinajstić information content (AvgIpc) is 3.63. The minimum atomic E-state index is -1.14. The highest BCUT2D eigenvalue weighted by Crippen LogP contribution is 2.44. The van der Waals surface area contributed by atoms with E-state index in [1.165, 1.54) is 0 Å². The molecule has 0 bridgehead atoms. The van der Waals surface area contributed by atoms with E-state index in [9.17, 15) is 14.4 Å². The Bertz CT molecular complexity index is 2500. The quantitative estimate of drug-likeness (QED) is 0.0826. The molecule has 0 aromatic heterocycles. The van der Waals surface area contributed by atoms with Gasteiger partial charge in [0.25, 0.3) is 5.91 Å². The van der Waals surface area contributed by atoms with E-state index in [1.807, 2.05) is 138 Å². The highest BCUT2D eigenvalue weighted by Gasteiger charge is 2.32. The standard InChI is InChI=1S/C54H57N3O8/c1-34-16-20-36(21-17-34)50(37-22-18-35(2)19-23-37)56-49(58)33-63-39-26-24-38(25-27-39)51(45-29-28-40(61-6)30-48(45)62-7)57-52(59)47(32-65-54(3,4)5)55-53(60)64-31-46-43-14-10-8-12-41(43)42-13-9-11-15-44(42)46/h8-30,46-47,50-51H,31-33H2,1-7H3,(H,55,60)(H,56,58)(H,57,59)/t47-,51?/m0/s1. The number of aryl methyl sites for hydroxylation is 2. The number of methoxy groups -OCH3 is 2. The molecule has 3 N–H and O–H groups in total. The zero-order valence-corrected chi connectivity index (χ0v) is 38.0. The SMILES string of the molecule is COc1ccc(C(NC(=O)[C@H](COC(C)(C)C)NC(=O)OCC2c3ccccc3-c3ccccc32)c2ccc(OCC(=O)NC(c3ccc(C)cc3)c3ccc(C)cc3)cc2)c(OC)c1. The summed E-state index contributed by atoms with van der Waals surface area (Å²) in [5.74, 6) is 0.522. The molecule has 0 fully saturated rings. The van der Waals surface area contributed by atoms with Crippen LogP contribution in [0.1, 0.15) is 83.3 Å². The molecule has 0 saturated heterocycles. The van der Waals surface area contributed by atoms with Crippen molar-refractivity contribution in [2.75, 3.05) is 34.0 Å². The maximum absolute atomic E-state index is 14.4. The molecule has 0 radical (unpaired) electrons. The van der Waals surface area contributed by atoms with E-state index in [1.54, 1.807) is 38.5 Å². The third-order valence-corrected chi connectivity index (χ3v) is 11.4. The first-order valence-electron chi connectivity index (χ1n) is 21.7. The Balaban J connectivity index is 1.07. The van der Waals surface area contributed by atoms with Crippen molar-refractivity contribution in [1.82, 2.24) is 16.0 Å². The molecule has 0 aliphatic heterocycles. The van der Waals surface area contributed by atoms with Crippen molar-refractivity contribution in [2.45, 2.75) is 64.3 Å². The summed E-state index contributed by atoms with van der Waals surface area (Å²) in [6.07, 6.45) is -0.752. The molecule has 336 valence electrons. The Morgan fingerprint density at radius 1 is 0.615 bits per heavy atom. The summed E-state index contributed by atoms with van der Waals surface area (Å²) in [7, 11) is 3.10. The van der Waals surface area contributed by atoms with Gasteiger partial charge in [-0.05, 0) is 97.8 Å². The summed E-state index contributed by atoms with van der Waals surface area (Å²) >= 11 is 0. The zero-order valence-electron chi connectivity index (χ0n) is 38.0. The van der Waals surface area contributed by atoms with E-state index in [0.29, 0.717) is 28.4 Å². The van der Waals surface area contributed by atoms with E-state index in [0.717, 1.165) is 44.5 Å². The van der Waals surface area contributed by atoms with Crippen molar-refractivity contribution in [3.8, 4) is 28.4 Å². The zero-order chi connectivity index (χ0) is 46.1. The molecular weight excluding hydrogens is 819 g/mol. The molecule has 11 nitrogen and oxygen atoms in total. The lowest BCUT2D eigenvalue weighted by atomic mass is 9.96. The normalized spacial score (nSPS) is 12.9. The van der Waals surface area contributed by atoms with Crippen LogP contribution >= 0.6 is 0 Å². The van der Waals surface area contributed by atoms with Gasteiger partial charge in [0.05, 0.1) is 38.5 Å². The number of alkyl carbamates (subject to hydrolysis) is 1. The summed E-state index contributed by atoms with van der Waals surface area (Å²) in [5, 5.41) is 9.07.